The molecule has 0 aliphatic heterocycles. The number of esters is 1. The molecule has 0 spiro atoms. The summed E-state index contributed by atoms with van der Waals surface area (Å²) in [7, 11) is 1.28. The number of amides is 2. The summed E-state index contributed by atoms with van der Waals surface area (Å²) in [5, 5.41) is 2.66. The molecule has 0 saturated carbocycles. The van der Waals surface area contributed by atoms with Gasteiger partial charge in [0.1, 0.15) is 0 Å². The van der Waals surface area contributed by atoms with Crippen molar-refractivity contribution in [2.24, 2.45) is 0 Å². The first-order valence-electron chi connectivity index (χ1n) is 7.31. The van der Waals surface area contributed by atoms with Gasteiger partial charge in [-0.3, -0.25) is 9.59 Å². The van der Waals surface area contributed by atoms with E-state index in [2.05, 4.69) is 5.32 Å². The number of hydrogen-bond acceptors (Lipinski definition) is 5. The Bertz CT molecular complexity index is 724. The topological polar surface area (TPSA) is 88.8 Å². The number of carbonyl (C=O) groups is 3. The van der Waals surface area contributed by atoms with E-state index in [1.807, 2.05) is 0 Å². The fraction of sp³-hybridized carbons (Fsp3) is 0.235. The predicted octanol–water partition coefficient (Wildman–Crippen LogP) is 1.85. The summed E-state index contributed by atoms with van der Waals surface area (Å²) >= 11 is 0. The summed E-state index contributed by atoms with van der Waals surface area (Å²) in [5.41, 5.74) is 0.719. The van der Waals surface area contributed by atoms with Gasteiger partial charge in [0.25, 0.3) is 5.91 Å². The second kappa shape index (κ2) is 7.96. The number of methoxy groups -OCH3 is 1. The highest BCUT2D eigenvalue weighted by atomic mass is 16.5. The number of rotatable bonds is 6. The van der Waals surface area contributed by atoms with Crippen LogP contribution in [0.1, 0.15) is 27.8 Å². The van der Waals surface area contributed by atoms with Crippen molar-refractivity contribution in [1.82, 2.24) is 5.32 Å². The SMILES string of the molecule is COC(=O)c1ccccc1N(CCNC(=O)c1ccco1)C(C)=O. The normalized spacial score (nSPS) is 10.1. The van der Waals surface area contributed by atoms with E-state index in [9.17, 15) is 14.4 Å². The van der Waals surface area contributed by atoms with Crippen molar-refractivity contribution >= 4 is 23.5 Å². The molecule has 0 aliphatic carbocycles. The van der Waals surface area contributed by atoms with E-state index in [1.165, 1.54) is 25.2 Å². The van der Waals surface area contributed by atoms with Crippen molar-refractivity contribution in [2.75, 3.05) is 25.1 Å². The summed E-state index contributed by atoms with van der Waals surface area (Å²) in [6, 6.07) is 9.81. The van der Waals surface area contributed by atoms with Crippen LogP contribution in [0.25, 0.3) is 0 Å². The summed E-state index contributed by atoms with van der Waals surface area (Å²) in [6.45, 7) is 1.80. The monoisotopic (exact) mass is 330 g/mol. The van der Waals surface area contributed by atoms with Crippen LogP contribution in [-0.4, -0.2) is 38.0 Å². The molecule has 2 rings (SSSR count). The Balaban J connectivity index is 2.09. The predicted molar refractivity (Wildman–Crippen MR) is 86.8 cm³/mol. The third kappa shape index (κ3) is 4.01. The molecular weight excluding hydrogens is 312 g/mol. The van der Waals surface area contributed by atoms with E-state index < -0.39 is 5.97 Å². The molecular formula is C17H18N2O5. The second-order valence-electron chi connectivity index (χ2n) is 4.91. The molecule has 0 saturated heterocycles. The van der Waals surface area contributed by atoms with E-state index >= 15 is 0 Å². The van der Waals surface area contributed by atoms with Gasteiger partial charge in [0.15, 0.2) is 5.76 Å². The highest BCUT2D eigenvalue weighted by Crippen LogP contribution is 2.21. The average molecular weight is 330 g/mol. The number of nitrogens with one attached hydrogen (secondary N) is 1. The van der Waals surface area contributed by atoms with Crippen LogP contribution in [0.15, 0.2) is 47.1 Å². The number of carbonyl (C=O) groups excluding carboxylic acids is 3. The molecule has 2 aromatic rings. The fourth-order valence-electron chi connectivity index (χ4n) is 2.22. The van der Waals surface area contributed by atoms with Crippen molar-refractivity contribution in [3.05, 3.63) is 54.0 Å². The number of anilines is 1. The second-order valence-corrected chi connectivity index (χ2v) is 4.91. The van der Waals surface area contributed by atoms with Crippen LogP contribution < -0.4 is 10.2 Å². The summed E-state index contributed by atoms with van der Waals surface area (Å²) in [5.74, 6) is -0.959. The Kier molecular flexibility index (Phi) is 5.73. The summed E-state index contributed by atoms with van der Waals surface area (Å²) in [4.78, 5) is 37.1. The van der Waals surface area contributed by atoms with Crippen molar-refractivity contribution in [3.8, 4) is 0 Å². The first-order chi connectivity index (χ1) is 11.5. The van der Waals surface area contributed by atoms with Gasteiger partial charge >= 0.3 is 5.97 Å². The minimum absolute atomic E-state index is 0.194. The smallest absolute Gasteiger partial charge is 0.339 e. The number of furan rings is 1. The maximum Gasteiger partial charge on any atom is 0.339 e. The molecule has 0 bridgehead atoms. The molecule has 126 valence electrons. The van der Waals surface area contributed by atoms with E-state index in [0.717, 1.165) is 0 Å². The number of para-hydroxylation sites is 1. The van der Waals surface area contributed by atoms with Gasteiger partial charge in [0.2, 0.25) is 5.91 Å². The zero-order chi connectivity index (χ0) is 17.5. The Morgan fingerprint density at radius 1 is 1.17 bits per heavy atom. The third-order valence-corrected chi connectivity index (χ3v) is 3.35. The molecule has 1 aromatic carbocycles. The van der Waals surface area contributed by atoms with Crippen molar-refractivity contribution in [2.45, 2.75) is 6.92 Å². The number of nitrogens with zero attached hydrogens (tertiary/aromatic N) is 1. The molecule has 2 amide bonds. The highest BCUT2D eigenvalue weighted by Gasteiger charge is 2.19. The Labute approximate surface area is 139 Å². The Morgan fingerprint density at radius 2 is 1.92 bits per heavy atom. The lowest BCUT2D eigenvalue weighted by molar-refractivity contribution is -0.116. The summed E-state index contributed by atoms with van der Waals surface area (Å²) in [6.07, 6.45) is 1.41. The van der Waals surface area contributed by atoms with Crippen LogP contribution in [0, 0.1) is 0 Å². The molecule has 0 unspecified atom stereocenters. The van der Waals surface area contributed by atoms with Gasteiger partial charge < -0.3 is 19.4 Å². The average Bonchev–Trinajstić information content (AvgIpc) is 3.12. The largest absolute Gasteiger partial charge is 0.465 e. The van der Waals surface area contributed by atoms with Crippen LogP contribution in [0.4, 0.5) is 5.69 Å². The molecule has 0 radical (unpaired) electrons. The van der Waals surface area contributed by atoms with E-state index in [1.54, 1.807) is 36.4 Å². The maximum atomic E-state index is 12.0. The van der Waals surface area contributed by atoms with Gasteiger partial charge in [-0.2, -0.15) is 0 Å². The molecule has 24 heavy (non-hydrogen) atoms. The first-order valence-corrected chi connectivity index (χ1v) is 7.31. The molecule has 0 aliphatic rings. The van der Waals surface area contributed by atoms with E-state index in [4.69, 9.17) is 9.15 Å². The van der Waals surface area contributed by atoms with Gasteiger partial charge in [0.05, 0.1) is 24.6 Å². The quantitative estimate of drug-likeness (QED) is 0.817. The lowest BCUT2D eigenvalue weighted by atomic mass is 10.1. The van der Waals surface area contributed by atoms with Crippen molar-refractivity contribution in [1.29, 1.82) is 0 Å². The van der Waals surface area contributed by atoms with Crippen LogP contribution in [0.2, 0.25) is 0 Å². The van der Waals surface area contributed by atoms with Crippen molar-refractivity contribution < 1.29 is 23.5 Å². The van der Waals surface area contributed by atoms with Crippen molar-refractivity contribution in [3.63, 3.8) is 0 Å². The number of benzene rings is 1. The fourth-order valence-corrected chi connectivity index (χ4v) is 2.22. The minimum atomic E-state index is -0.531. The third-order valence-electron chi connectivity index (χ3n) is 3.35. The molecule has 7 heteroatoms. The molecule has 1 aromatic heterocycles. The van der Waals surface area contributed by atoms with Crippen LogP contribution in [0.5, 0.6) is 0 Å². The maximum absolute atomic E-state index is 12.0. The number of ether oxygens (including phenoxy) is 1. The Morgan fingerprint density at radius 3 is 2.54 bits per heavy atom. The lowest BCUT2D eigenvalue weighted by Gasteiger charge is -2.23. The highest BCUT2D eigenvalue weighted by molar-refractivity contribution is 6.02. The van der Waals surface area contributed by atoms with E-state index in [0.29, 0.717) is 5.69 Å². The standard InChI is InChI=1S/C17H18N2O5/c1-12(20)19(10-9-18-16(21)15-8-5-11-24-15)14-7-4-3-6-13(14)17(22)23-2/h3-8,11H,9-10H2,1-2H3,(H,18,21). The van der Waals surface area contributed by atoms with Gasteiger partial charge in [0, 0.05) is 20.0 Å². The van der Waals surface area contributed by atoms with E-state index in [-0.39, 0.29) is 36.2 Å². The summed E-state index contributed by atoms with van der Waals surface area (Å²) < 4.78 is 9.74. The molecule has 0 fully saturated rings. The molecule has 0 atom stereocenters. The zero-order valence-electron chi connectivity index (χ0n) is 13.4. The van der Waals surface area contributed by atoms with Gasteiger partial charge in [-0.25, -0.2) is 4.79 Å². The first kappa shape index (κ1) is 17.3. The zero-order valence-corrected chi connectivity index (χ0v) is 13.4. The van der Waals surface area contributed by atoms with Crippen LogP contribution >= 0.6 is 0 Å². The van der Waals surface area contributed by atoms with Gasteiger partial charge in [-0.1, -0.05) is 12.1 Å². The lowest BCUT2D eigenvalue weighted by Crippen LogP contribution is -2.38. The van der Waals surface area contributed by atoms with Gasteiger partial charge in [-0.05, 0) is 24.3 Å². The van der Waals surface area contributed by atoms with Crippen LogP contribution in [-0.2, 0) is 9.53 Å². The molecule has 1 N–H and O–H groups in total. The van der Waals surface area contributed by atoms with Crippen LogP contribution in [0.3, 0.4) is 0 Å². The van der Waals surface area contributed by atoms with Gasteiger partial charge in [-0.15, -0.1) is 0 Å². The number of hydrogen-bond donors (Lipinski definition) is 1. The Hall–Kier alpha value is -3.09. The molecule has 1 heterocycles. The minimum Gasteiger partial charge on any atom is -0.465 e. The molecule has 7 nitrogen and oxygen atoms in total.